The van der Waals surface area contributed by atoms with Gasteiger partial charge < -0.3 is 5.84 Å². The predicted octanol–water partition coefficient (Wildman–Crippen LogP) is 1.56. The molecule has 0 radical (unpaired) electrons. The average Bonchev–Trinajstić information content (AvgIpc) is 2.44. The van der Waals surface area contributed by atoms with Gasteiger partial charge in [-0.15, -0.1) is 0 Å². The molecular formula is C9H9F2N3. The number of aromatic nitrogens is 2. The Morgan fingerprint density at radius 1 is 1.50 bits per heavy atom. The maximum Gasteiger partial charge on any atom is 0.242 e. The van der Waals surface area contributed by atoms with Gasteiger partial charge in [0.15, 0.2) is 0 Å². The third-order valence-corrected chi connectivity index (χ3v) is 2.09. The molecule has 2 heterocycles. The number of hydrogen-bond acceptors (Lipinski definition) is 2. The molecule has 0 aromatic carbocycles. The monoisotopic (exact) mass is 197 g/mol. The number of fused-ring (bicyclic) bond motifs is 1. The number of hydrogen-bond donors (Lipinski definition) is 1. The maximum atomic E-state index is 12.2. The smallest absolute Gasteiger partial charge is 0.242 e. The van der Waals surface area contributed by atoms with Crippen LogP contribution in [0.1, 0.15) is 5.56 Å². The van der Waals surface area contributed by atoms with Gasteiger partial charge in [0.1, 0.15) is 0 Å². The lowest BCUT2D eigenvalue weighted by molar-refractivity contribution is 0.149. The van der Waals surface area contributed by atoms with Gasteiger partial charge in [-0.1, -0.05) is 0 Å². The highest BCUT2D eigenvalue weighted by atomic mass is 19.3. The maximum absolute atomic E-state index is 12.2. The molecular weight excluding hydrogens is 188 g/mol. The summed E-state index contributed by atoms with van der Waals surface area (Å²) in [6, 6.07) is 1.70. The molecule has 0 atom stereocenters. The molecule has 14 heavy (non-hydrogen) atoms. The van der Waals surface area contributed by atoms with Gasteiger partial charge in [0.2, 0.25) is 6.43 Å². The first-order valence-electron chi connectivity index (χ1n) is 4.15. The highest BCUT2D eigenvalue weighted by Crippen LogP contribution is 2.20. The lowest BCUT2D eigenvalue weighted by Crippen LogP contribution is -2.05. The Hall–Kier alpha value is -1.65. The Morgan fingerprint density at radius 2 is 2.29 bits per heavy atom. The topological polar surface area (TPSA) is 43.8 Å². The van der Waals surface area contributed by atoms with Crippen molar-refractivity contribution in [3.63, 3.8) is 0 Å². The van der Waals surface area contributed by atoms with E-state index in [1.54, 1.807) is 18.5 Å². The third-order valence-electron chi connectivity index (χ3n) is 2.09. The van der Waals surface area contributed by atoms with E-state index in [0.29, 0.717) is 10.9 Å². The summed E-state index contributed by atoms with van der Waals surface area (Å²) in [6.07, 6.45) is 2.00. The zero-order valence-electron chi connectivity index (χ0n) is 7.32. The van der Waals surface area contributed by atoms with Crippen LogP contribution in [0.5, 0.6) is 0 Å². The second-order valence-corrected chi connectivity index (χ2v) is 3.05. The lowest BCUT2D eigenvalue weighted by Gasteiger charge is -1.95. The highest BCUT2D eigenvalue weighted by Gasteiger charge is 2.11. The van der Waals surface area contributed by atoms with E-state index in [0.717, 1.165) is 5.52 Å². The van der Waals surface area contributed by atoms with Gasteiger partial charge in [0.25, 0.3) is 0 Å². The number of nitrogens with zero attached hydrogens (tertiary/aromatic N) is 2. The molecule has 0 unspecified atom stereocenters. The van der Waals surface area contributed by atoms with E-state index < -0.39 is 6.43 Å². The second kappa shape index (κ2) is 3.25. The highest BCUT2D eigenvalue weighted by molar-refractivity contribution is 5.83. The summed E-state index contributed by atoms with van der Waals surface area (Å²) >= 11 is 0. The van der Waals surface area contributed by atoms with Crippen molar-refractivity contribution >= 4 is 10.9 Å². The van der Waals surface area contributed by atoms with Gasteiger partial charge in [0, 0.05) is 30.4 Å². The number of pyridine rings is 1. The summed E-state index contributed by atoms with van der Waals surface area (Å²) in [4.78, 5) is 3.88. The molecule has 0 fully saturated rings. The zero-order chi connectivity index (χ0) is 10.1. The molecule has 2 aromatic heterocycles. The molecule has 0 aliphatic heterocycles. The van der Waals surface area contributed by atoms with Gasteiger partial charge in [-0.25, -0.2) is 8.78 Å². The second-order valence-electron chi connectivity index (χ2n) is 3.05. The van der Waals surface area contributed by atoms with Gasteiger partial charge >= 0.3 is 0 Å². The Labute approximate surface area is 79.1 Å². The Bertz CT molecular complexity index is 450. The molecule has 2 rings (SSSR count). The summed E-state index contributed by atoms with van der Waals surface area (Å²) in [6.45, 7) is 0. The van der Waals surface area contributed by atoms with E-state index in [9.17, 15) is 8.78 Å². The number of nitrogens with two attached hydrogens (primary N) is 1. The molecule has 3 nitrogen and oxygen atoms in total. The van der Waals surface area contributed by atoms with Crippen molar-refractivity contribution in [1.29, 1.82) is 0 Å². The van der Waals surface area contributed by atoms with Crippen LogP contribution in [0, 0.1) is 0 Å². The van der Waals surface area contributed by atoms with Crippen molar-refractivity contribution in [3.8, 4) is 0 Å². The fourth-order valence-corrected chi connectivity index (χ4v) is 1.50. The largest absolute Gasteiger partial charge is 0.339 e. The van der Waals surface area contributed by atoms with E-state index in [1.165, 1.54) is 10.9 Å². The summed E-state index contributed by atoms with van der Waals surface area (Å²) < 4.78 is 25.7. The molecule has 0 aliphatic carbocycles. The van der Waals surface area contributed by atoms with E-state index in [-0.39, 0.29) is 6.42 Å². The average molecular weight is 197 g/mol. The van der Waals surface area contributed by atoms with Crippen LogP contribution in [0.25, 0.3) is 10.9 Å². The fraction of sp³-hybridized carbons (Fsp3) is 0.222. The van der Waals surface area contributed by atoms with Gasteiger partial charge in [-0.05, 0) is 11.6 Å². The number of nitrogen functional groups attached to an aromatic ring is 1. The van der Waals surface area contributed by atoms with Crippen molar-refractivity contribution in [3.05, 3.63) is 30.2 Å². The van der Waals surface area contributed by atoms with Crippen molar-refractivity contribution in [2.45, 2.75) is 12.8 Å². The first kappa shape index (κ1) is 8.93. The molecule has 0 amide bonds. The van der Waals surface area contributed by atoms with Crippen molar-refractivity contribution in [2.75, 3.05) is 5.84 Å². The quantitative estimate of drug-likeness (QED) is 0.742. The Balaban J connectivity index is 2.55. The molecule has 0 bridgehead atoms. The van der Waals surface area contributed by atoms with E-state index in [2.05, 4.69) is 4.98 Å². The molecule has 0 spiro atoms. The Morgan fingerprint density at radius 3 is 3.00 bits per heavy atom. The van der Waals surface area contributed by atoms with Crippen molar-refractivity contribution in [2.24, 2.45) is 0 Å². The molecule has 2 aromatic rings. The van der Waals surface area contributed by atoms with Crippen LogP contribution in [0.15, 0.2) is 24.7 Å². The number of halogens is 2. The SMILES string of the molecule is Nn1cc(CC(F)F)c2cnccc21. The molecule has 5 heteroatoms. The van der Waals surface area contributed by atoms with Crippen molar-refractivity contribution < 1.29 is 8.78 Å². The Kier molecular flexibility index (Phi) is 2.07. The summed E-state index contributed by atoms with van der Waals surface area (Å²) in [7, 11) is 0. The van der Waals surface area contributed by atoms with Crippen LogP contribution in [0.2, 0.25) is 0 Å². The van der Waals surface area contributed by atoms with Gasteiger partial charge in [0.05, 0.1) is 5.52 Å². The summed E-state index contributed by atoms with van der Waals surface area (Å²) in [5, 5.41) is 0.690. The van der Waals surface area contributed by atoms with Crippen LogP contribution >= 0.6 is 0 Å². The van der Waals surface area contributed by atoms with Crippen molar-refractivity contribution in [1.82, 2.24) is 9.66 Å². The third kappa shape index (κ3) is 1.41. The first-order valence-corrected chi connectivity index (χ1v) is 4.15. The van der Waals surface area contributed by atoms with E-state index in [1.807, 2.05) is 0 Å². The lowest BCUT2D eigenvalue weighted by atomic mass is 10.2. The minimum absolute atomic E-state index is 0.285. The molecule has 74 valence electrons. The standard InChI is InChI=1S/C9H9F2N3/c10-9(11)3-6-5-14(12)8-1-2-13-4-7(6)8/h1-2,4-5,9H,3,12H2. The zero-order valence-corrected chi connectivity index (χ0v) is 7.32. The number of alkyl halides is 2. The van der Waals surface area contributed by atoms with Crippen LogP contribution in [-0.4, -0.2) is 16.1 Å². The fourth-order valence-electron chi connectivity index (χ4n) is 1.50. The number of rotatable bonds is 2. The normalized spacial score (nSPS) is 11.4. The van der Waals surface area contributed by atoms with Crippen LogP contribution in [0.3, 0.4) is 0 Å². The molecule has 0 saturated carbocycles. The van der Waals surface area contributed by atoms with Gasteiger partial charge in [-0.2, -0.15) is 0 Å². The first-order chi connectivity index (χ1) is 6.68. The van der Waals surface area contributed by atoms with Gasteiger partial charge in [-0.3, -0.25) is 9.66 Å². The van der Waals surface area contributed by atoms with E-state index >= 15 is 0 Å². The minimum Gasteiger partial charge on any atom is -0.339 e. The molecule has 2 N–H and O–H groups in total. The van der Waals surface area contributed by atoms with Crippen LogP contribution < -0.4 is 5.84 Å². The van der Waals surface area contributed by atoms with Crippen LogP contribution in [-0.2, 0) is 6.42 Å². The molecule has 0 saturated heterocycles. The minimum atomic E-state index is -2.36. The van der Waals surface area contributed by atoms with E-state index in [4.69, 9.17) is 5.84 Å². The van der Waals surface area contributed by atoms with Crippen LogP contribution in [0.4, 0.5) is 8.78 Å². The predicted molar refractivity (Wildman–Crippen MR) is 49.6 cm³/mol. The summed E-state index contributed by atoms with van der Waals surface area (Å²) in [5.41, 5.74) is 1.25. The molecule has 0 aliphatic rings. The summed E-state index contributed by atoms with van der Waals surface area (Å²) in [5.74, 6) is 5.60.